The molecular weight excluding hydrogens is 362 g/mol. The molecule has 1 heterocycles. The summed E-state index contributed by atoms with van der Waals surface area (Å²) in [6.07, 6.45) is 1.73. The van der Waals surface area contributed by atoms with Crippen molar-refractivity contribution < 1.29 is 9.47 Å². The number of nitriles is 1. The highest BCUT2D eigenvalue weighted by atomic mass is 35.5. The van der Waals surface area contributed by atoms with E-state index < -0.39 is 0 Å². The van der Waals surface area contributed by atoms with Gasteiger partial charge in [-0.3, -0.25) is 0 Å². The zero-order valence-corrected chi connectivity index (χ0v) is 16.2. The number of hydrogen-bond donors (Lipinski definition) is 1. The molecule has 0 aliphatic heterocycles. The molecule has 0 aliphatic rings. The molecule has 5 nitrogen and oxygen atoms in total. The van der Waals surface area contributed by atoms with Crippen molar-refractivity contribution >= 4 is 34.3 Å². The summed E-state index contributed by atoms with van der Waals surface area (Å²) in [6, 6.07) is 11.7. The van der Waals surface area contributed by atoms with E-state index in [-0.39, 0.29) is 0 Å². The van der Waals surface area contributed by atoms with Crippen LogP contribution in [0.25, 0.3) is 22.7 Å². The third kappa shape index (κ3) is 4.07. The van der Waals surface area contributed by atoms with Crippen molar-refractivity contribution in [1.29, 1.82) is 5.26 Å². The van der Waals surface area contributed by atoms with Gasteiger partial charge in [-0.25, -0.2) is 4.98 Å². The van der Waals surface area contributed by atoms with E-state index in [0.29, 0.717) is 41.1 Å². The van der Waals surface area contributed by atoms with Crippen LogP contribution in [0.2, 0.25) is 5.02 Å². The van der Waals surface area contributed by atoms with Crippen LogP contribution in [0, 0.1) is 18.3 Å². The van der Waals surface area contributed by atoms with Crippen molar-refractivity contribution in [3.8, 4) is 17.6 Å². The van der Waals surface area contributed by atoms with Crippen molar-refractivity contribution in [2.45, 2.75) is 20.8 Å². The lowest BCUT2D eigenvalue weighted by Gasteiger charge is -2.13. The van der Waals surface area contributed by atoms with Gasteiger partial charge in [0, 0.05) is 0 Å². The Balaban J connectivity index is 2.05. The second kappa shape index (κ2) is 8.15. The lowest BCUT2D eigenvalue weighted by Crippen LogP contribution is -1.99. The van der Waals surface area contributed by atoms with Crippen LogP contribution in [0.1, 0.15) is 30.8 Å². The predicted molar refractivity (Wildman–Crippen MR) is 108 cm³/mol. The first-order valence-electron chi connectivity index (χ1n) is 8.73. The Bertz CT molecular complexity index is 1050. The van der Waals surface area contributed by atoms with Crippen molar-refractivity contribution in [3.05, 3.63) is 52.3 Å². The topological polar surface area (TPSA) is 70.9 Å². The number of nitrogens with zero attached hydrogens (tertiary/aromatic N) is 2. The number of H-pyrrole nitrogens is 1. The normalized spacial score (nSPS) is 11.4. The molecule has 0 fully saturated rings. The van der Waals surface area contributed by atoms with E-state index in [9.17, 15) is 5.26 Å². The van der Waals surface area contributed by atoms with Gasteiger partial charge in [0.1, 0.15) is 11.9 Å². The molecule has 1 N–H and O–H groups in total. The minimum absolute atomic E-state index is 0.409. The van der Waals surface area contributed by atoms with E-state index >= 15 is 0 Å². The number of aromatic amines is 1. The highest BCUT2D eigenvalue weighted by molar-refractivity contribution is 6.32. The number of aryl methyl sites for hydroxylation is 1. The Morgan fingerprint density at radius 1 is 1.22 bits per heavy atom. The summed E-state index contributed by atoms with van der Waals surface area (Å²) in [5, 5.41) is 10.1. The summed E-state index contributed by atoms with van der Waals surface area (Å²) >= 11 is 6.36. The number of nitrogens with one attached hydrogen (secondary N) is 1. The molecule has 0 atom stereocenters. The summed E-state index contributed by atoms with van der Waals surface area (Å²) in [7, 11) is 0. The van der Waals surface area contributed by atoms with E-state index in [0.717, 1.165) is 22.2 Å². The summed E-state index contributed by atoms with van der Waals surface area (Å²) in [4.78, 5) is 7.72. The van der Waals surface area contributed by atoms with Gasteiger partial charge in [-0.05, 0) is 62.2 Å². The Morgan fingerprint density at radius 2 is 2.00 bits per heavy atom. The smallest absolute Gasteiger partial charge is 0.179 e. The van der Waals surface area contributed by atoms with Crippen LogP contribution in [0.5, 0.6) is 11.5 Å². The first-order chi connectivity index (χ1) is 13.0. The zero-order valence-electron chi connectivity index (χ0n) is 15.5. The fraction of sp³-hybridized carbons (Fsp3) is 0.238. The van der Waals surface area contributed by atoms with E-state index in [1.165, 1.54) is 0 Å². The van der Waals surface area contributed by atoms with E-state index in [1.807, 2.05) is 45.0 Å². The molecule has 1 aromatic heterocycles. The van der Waals surface area contributed by atoms with Crippen molar-refractivity contribution in [1.82, 2.24) is 9.97 Å². The Kier molecular flexibility index (Phi) is 5.68. The Labute approximate surface area is 163 Å². The van der Waals surface area contributed by atoms with Crippen molar-refractivity contribution in [3.63, 3.8) is 0 Å². The second-order valence-corrected chi connectivity index (χ2v) is 6.38. The van der Waals surface area contributed by atoms with Crippen LogP contribution in [-0.2, 0) is 0 Å². The van der Waals surface area contributed by atoms with Crippen molar-refractivity contribution in [2.75, 3.05) is 13.2 Å². The number of allylic oxidation sites excluding steroid dienone is 1. The summed E-state index contributed by atoms with van der Waals surface area (Å²) in [5.74, 6) is 1.58. The number of rotatable bonds is 6. The number of fused-ring (bicyclic) bond motifs is 1. The maximum absolute atomic E-state index is 9.63. The molecule has 0 saturated carbocycles. The van der Waals surface area contributed by atoms with Gasteiger partial charge >= 0.3 is 0 Å². The minimum atomic E-state index is 0.409. The number of aromatic nitrogens is 2. The van der Waals surface area contributed by atoms with Crippen LogP contribution in [-0.4, -0.2) is 23.2 Å². The highest BCUT2D eigenvalue weighted by Crippen LogP contribution is 2.37. The number of imidazole rings is 1. The quantitative estimate of drug-likeness (QED) is 0.581. The van der Waals surface area contributed by atoms with Gasteiger partial charge in [0.25, 0.3) is 0 Å². The average molecular weight is 382 g/mol. The van der Waals surface area contributed by atoms with Gasteiger partial charge in [0.2, 0.25) is 0 Å². The van der Waals surface area contributed by atoms with Crippen molar-refractivity contribution in [2.24, 2.45) is 0 Å². The molecule has 3 rings (SSSR count). The third-order valence-electron chi connectivity index (χ3n) is 3.94. The number of halogens is 1. The molecule has 0 amide bonds. The molecule has 0 unspecified atom stereocenters. The van der Waals surface area contributed by atoms with Gasteiger partial charge in [-0.15, -0.1) is 0 Å². The molecule has 3 aromatic rings. The Hall–Kier alpha value is -2.97. The maximum atomic E-state index is 9.63. The summed E-state index contributed by atoms with van der Waals surface area (Å²) in [5.41, 5.74) is 3.98. The van der Waals surface area contributed by atoms with Gasteiger partial charge in [0.15, 0.2) is 11.5 Å². The third-order valence-corrected chi connectivity index (χ3v) is 4.23. The highest BCUT2D eigenvalue weighted by Gasteiger charge is 2.13. The van der Waals surface area contributed by atoms with E-state index in [1.54, 1.807) is 12.1 Å². The monoisotopic (exact) mass is 381 g/mol. The van der Waals surface area contributed by atoms with Crippen LogP contribution >= 0.6 is 11.6 Å². The second-order valence-electron chi connectivity index (χ2n) is 5.97. The molecule has 0 aliphatic carbocycles. The predicted octanol–water partition coefficient (Wildman–Crippen LogP) is 5.39. The maximum Gasteiger partial charge on any atom is 0.179 e. The first kappa shape index (κ1) is 18.8. The van der Waals surface area contributed by atoms with Gasteiger partial charge in [-0.1, -0.05) is 17.7 Å². The number of ether oxygens (including phenoxy) is 2. The molecular formula is C21H20ClN3O2. The van der Waals surface area contributed by atoms with E-state index in [4.69, 9.17) is 21.1 Å². The standard InChI is InChI=1S/C21H20ClN3O2/c1-4-26-19-11-14(10-16(22)20(19)27-5-2)9-15(12-23)21-24-17-7-6-13(3)8-18(17)25-21/h6-11H,4-5H2,1-3H3,(H,24,25)/b15-9-. The first-order valence-corrected chi connectivity index (χ1v) is 9.11. The zero-order chi connectivity index (χ0) is 19.4. The fourth-order valence-electron chi connectivity index (χ4n) is 2.79. The lowest BCUT2D eigenvalue weighted by atomic mass is 10.1. The van der Waals surface area contributed by atoms with Gasteiger partial charge in [0.05, 0.1) is 34.8 Å². The van der Waals surface area contributed by atoms with Crippen LogP contribution < -0.4 is 9.47 Å². The van der Waals surface area contributed by atoms with Crippen LogP contribution in [0.4, 0.5) is 0 Å². The number of hydrogen-bond acceptors (Lipinski definition) is 4. The molecule has 0 radical (unpaired) electrons. The van der Waals surface area contributed by atoms with Crippen LogP contribution in [0.15, 0.2) is 30.3 Å². The minimum Gasteiger partial charge on any atom is -0.490 e. The van der Waals surface area contributed by atoms with Gasteiger partial charge in [-0.2, -0.15) is 5.26 Å². The Morgan fingerprint density at radius 3 is 2.70 bits per heavy atom. The summed E-state index contributed by atoms with van der Waals surface area (Å²) < 4.78 is 11.2. The molecule has 6 heteroatoms. The molecule has 138 valence electrons. The average Bonchev–Trinajstić information content (AvgIpc) is 3.05. The van der Waals surface area contributed by atoms with Crippen LogP contribution in [0.3, 0.4) is 0 Å². The molecule has 27 heavy (non-hydrogen) atoms. The lowest BCUT2D eigenvalue weighted by molar-refractivity contribution is 0.288. The molecule has 0 saturated heterocycles. The molecule has 2 aromatic carbocycles. The largest absolute Gasteiger partial charge is 0.490 e. The molecule has 0 spiro atoms. The molecule has 0 bridgehead atoms. The number of benzene rings is 2. The SMILES string of the molecule is CCOc1cc(/C=C(/C#N)c2nc3ccc(C)cc3[nH]2)cc(Cl)c1OCC. The summed E-state index contributed by atoms with van der Waals surface area (Å²) in [6.45, 7) is 6.76. The fourth-order valence-corrected chi connectivity index (χ4v) is 3.06. The van der Waals surface area contributed by atoms with E-state index in [2.05, 4.69) is 16.0 Å². The van der Waals surface area contributed by atoms with Gasteiger partial charge < -0.3 is 14.5 Å².